The lowest BCUT2D eigenvalue weighted by Crippen LogP contribution is -2.39. The number of benzene rings is 1. The third-order valence-corrected chi connectivity index (χ3v) is 5.37. The minimum Gasteiger partial charge on any atom is -0.379 e. The van der Waals surface area contributed by atoms with Crippen LogP contribution in [0.15, 0.2) is 29.3 Å². The van der Waals surface area contributed by atoms with Crippen molar-refractivity contribution in [3.05, 3.63) is 29.8 Å². The van der Waals surface area contributed by atoms with Crippen molar-refractivity contribution in [2.75, 3.05) is 51.8 Å². The standard InChI is InChI=1S/C22H37N5O2.HI/c1-4-18(5-2)16-24-22(23-3)25-17-19-7-6-8-20(15-19)26-21(28)9-10-27-11-13-29-14-12-27;/h6-8,15,18H,4-5,9-14,16-17H2,1-3H3,(H,26,28)(H2,23,24,25);1H. The number of morpholine rings is 1. The van der Waals surface area contributed by atoms with E-state index in [1.165, 1.54) is 0 Å². The highest BCUT2D eigenvalue weighted by Gasteiger charge is 2.12. The number of hydrogen-bond donors (Lipinski definition) is 3. The third-order valence-electron chi connectivity index (χ3n) is 5.37. The normalized spacial score (nSPS) is 14.9. The Balaban J connectivity index is 0.00000450. The zero-order valence-electron chi connectivity index (χ0n) is 18.6. The second kappa shape index (κ2) is 15.4. The molecule has 170 valence electrons. The molecule has 1 aliphatic heterocycles. The summed E-state index contributed by atoms with van der Waals surface area (Å²) in [7, 11) is 1.79. The zero-order chi connectivity index (χ0) is 20.9. The predicted octanol–water partition coefficient (Wildman–Crippen LogP) is 3.07. The van der Waals surface area contributed by atoms with Crippen LogP contribution in [0.25, 0.3) is 0 Å². The first-order chi connectivity index (χ1) is 14.1. The van der Waals surface area contributed by atoms with Crippen molar-refractivity contribution in [1.29, 1.82) is 0 Å². The van der Waals surface area contributed by atoms with Crippen LogP contribution < -0.4 is 16.0 Å². The maximum absolute atomic E-state index is 12.3. The van der Waals surface area contributed by atoms with Gasteiger partial charge in [-0.1, -0.05) is 38.8 Å². The van der Waals surface area contributed by atoms with Gasteiger partial charge >= 0.3 is 0 Å². The first-order valence-corrected chi connectivity index (χ1v) is 10.8. The lowest BCUT2D eigenvalue weighted by atomic mass is 10.0. The van der Waals surface area contributed by atoms with Gasteiger partial charge in [-0.05, 0) is 23.6 Å². The maximum Gasteiger partial charge on any atom is 0.225 e. The molecule has 30 heavy (non-hydrogen) atoms. The van der Waals surface area contributed by atoms with E-state index in [1.807, 2.05) is 24.3 Å². The zero-order valence-corrected chi connectivity index (χ0v) is 20.9. The van der Waals surface area contributed by atoms with Crippen LogP contribution in [0.3, 0.4) is 0 Å². The molecular formula is C22H38IN5O2. The molecule has 1 aromatic carbocycles. The van der Waals surface area contributed by atoms with Crippen LogP contribution in [0.5, 0.6) is 0 Å². The molecule has 1 heterocycles. The van der Waals surface area contributed by atoms with Gasteiger partial charge in [0.25, 0.3) is 0 Å². The van der Waals surface area contributed by atoms with E-state index in [9.17, 15) is 4.79 Å². The van der Waals surface area contributed by atoms with Crippen LogP contribution in [-0.4, -0.2) is 63.2 Å². The van der Waals surface area contributed by atoms with E-state index < -0.39 is 0 Å². The van der Waals surface area contributed by atoms with Crippen molar-refractivity contribution in [2.45, 2.75) is 39.7 Å². The van der Waals surface area contributed by atoms with E-state index in [1.54, 1.807) is 7.05 Å². The largest absolute Gasteiger partial charge is 0.379 e. The molecule has 0 aliphatic carbocycles. The van der Waals surface area contributed by atoms with E-state index >= 15 is 0 Å². The first-order valence-electron chi connectivity index (χ1n) is 10.8. The third kappa shape index (κ3) is 10.1. The number of halogens is 1. The molecular weight excluding hydrogens is 493 g/mol. The van der Waals surface area contributed by atoms with Gasteiger partial charge in [-0.15, -0.1) is 24.0 Å². The Labute approximate surface area is 198 Å². The molecule has 0 saturated carbocycles. The van der Waals surface area contributed by atoms with Gasteiger partial charge in [-0.3, -0.25) is 14.7 Å². The summed E-state index contributed by atoms with van der Waals surface area (Å²) in [5.41, 5.74) is 1.93. The van der Waals surface area contributed by atoms with E-state index in [4.69, 9.17) is 4.74 Å². The summed E-state index contributed by atoms with van der Waals surface area (Å²) in [5, 5.41) is 9.75. The number of anilines is 1. The first kappa shape index (κ1) is 26.6. The molecule has 8 heteroatoms. The van der Waals surface area contributed by atoms with Crippen LogP contribution in [0.1, 0.15) is 38.7 Å². The minimum absolute atomic E-state index is 0. The van der Waals surface area contributed by atoms with E-state index in [0.29, 0.717) is 18.9 Å². The molecule has 0 aromatic heterocycles. The van der Waals surface area contributed by atoms with Gasteiger partial charge in [0.15, 0.2) is 5.96 Å². The molecule has 1 fully saturated rings. The minimum atomic E-state index is 0. The number of carbonyl (C=O) groups excluding carboxylic acids is 1. The number of ether oxygens (including phenoxy) is 1. The van der Waals surface area contributed by atoms with Crippen LogP contribution in [0.2, 0.25) is 0 Å². The molecule has 3 N–H and O–H groups in total. The molecule has 0 unspecified atom stereocenters. The van der Waals surface area contributed by atoms with Crippen molar-refractivity contribution in [3.63, 3.8) is 0 Å². The second-order valence-corrected chi connectivity index (χ2v) is 7.44. The number of rotatable bonds is 10. The number of hydrogen-bond acceptors (Lipinski definition) is 4. The summed E-state index contributed by atoms with van der Waals surface area (Å²) in [4.78, 5) is 18.8. The lowest BCUT2D eigenvalue weighted by molar-refractivity contribution is -0.116. The Morgan fingerprint density at radius 2 is 1.93 bits per heavy atom. The van der Waals surface area contributed by atoms with Crippen LogP contribution in [0, 0.1) is 5.92 Å². The number of nitrogens with zero attached hydrogens (tertiary/aromatic N) is 2. The highest BCUT2D eigenvalue weighted by Crippen LogP contribution is 2.11. The predicted molar refractivity (Wildman–Crippen MR) is 135 cm³/mol. The smallest absolute Gasteiger partial charge is 0.225 e. The van der Waals surface area contributed by atoms with Gasteiger partial charge in [0.05, 0.1) is 13.2 Å². The van der Waals surface area contributed by atoms with Gasteiger partial charge in [0.2, 0.25) is 5.91 Å². The van der Waals surface area contributed by atoms with Gasteiger partial charge in [0.1, 0.15) is 0 Å². The summed E-state index contributed by atoms with van der Waals surface area (Å²) >= 11 is 0. The number of carbonyl (C=O) groups is 1. The second-order valence-electron chi connectivity index (χ2n) is 7.44. The van der Waals surface area contributed by atoms with E-state index in [-0.39, 0.29) is 29.9 Å². The number of aliphatic imine (C=N–C) groups is 1. The Kier molecular flexibility index (Phi) is 13.7. The molecule has 0 bridgehead atoms. The fourth-order valence-electron chi connectivity index (χ4n) is 3.29. The molecule has 7 nitrogen and oxygen atoms in total. The van der Waals surface area contributed by atoms with Crippen molar-refractivity contribution >= 4 is 41.5 Å². The van der Waals surface area contributed by atoms with Gasteiger partial charge in [-0.2, -0.15) is 0 Å². The number of guanidine groups is 1. The van der Waals surface area contributed by atoms with E-state index in [0.717, 1.165) is 69.4 Å². The summed E-state index contributed by atoms with van der Waals surface area (Å²) in [6, 6.07) is 7.95. The van der Waals surface area contributed by atoms with Gasteiger partial charge in [-0.25, -0.2) is 0 Å². The van der Waals surface area contributed by atoms with Crippen molar-refractivity contribution < 1.29 is 9.53 Å². The van der Waals surface area contributed by atoms with Crippen molar-refractivity contribution in [3.8, 4) is 0 Å². The van der Waals surface area contributed by atoms with Gasteiger partial charge in [0, 0.05) is 51.9 Å². The molecule has 0 spiro atoms. The van der Waals surface area contributed by atoms with Gasteiger partial charge < -0.3 is 20.7 Å². The molecule has 1 aromatic rings. The Hall–Kier alpha value is -1.39. The van der Waals surface area contributed by atoms with Crippen molar-refractivity contribution in [2.24, 2.45) is 10.9 Å². The van der Waals surface area contributed by atoms with E-state index in [2.05, 4.69) is 39.7 Å². The summed E-state index contributed by atoms with van der Waals surface area (Å²) < 4.78 is 5.34. The Morgan fingerprint density at radius 3 is 2.60 bits per heavy atom. The van der Waals surface area contributed by atoms with Crippen LogP contribution in [-0.2, 0) is 16.1 Å². The number of nitrogens with one attached hydrogen (secondary N) is 3. The molecule has 0 atom stereocenters. The SMILES string of the molecule is CCC(CC)CNC(=NC)NCc1cccc(NC(=O)CCN2CCOCC2)c1.I. The topological polar surface area (TPSA) is 78.0 Å². The highest BCUT2D eigenvalue weighted by atomic mass is 127. The maximum atomic E-state index is 12.3. The quantitative estimate of drug-likeness (QED) is 0.246. The average molecular weight is 531 g/mol. The van der Waals surface area contributed by atoms with Crippen molar-refractivity contribution in [1.82, 2.24) is 15.5 Å². The average Bonchev–Trinajstić information content (AvgIpc) is 2.76. The monoisotopic (exact) mass is 531 g/mol. The Bertz CT molecular complexity index is 646. The number of amides is 1. The summed E-state index contributed by atoms with van der Waals surface area (Å²) in [6.45, 7) is 10.1. The molecule has 2 rings (SSSR count). The van der Waals surface area contributed by atoms with Crippen LogP contribution in [0.4, 0.5) is 5.69 Å². The molecule has 1 aliphatic rings. The fourth-order valence-corrected chi connectivity index (χ4v) is 3.29. The lowest BCUT2D eigenvalue weighted by Gasteiger charge is -2.26. The fraction of sp³-hybridized carbons (Fsp3) is 0.636. The Morgan fingerprint density at radius 1 is 1.20 bits per heavy atom. The summed E-state index contributed by atoms with van der Waals surface area (Å²) in [6.07, 6.45) is 2.82. The molecule has 0 radical (unpaired) electrons. The molecule has 1 amide bonds. The highest BCUT2D eigenvalue weighted by molar-refractivity contribution is 14.0. The van der Waals surface area contributed by atoms with Crippen LogP contribution >= 0.6 is 24.0 Å². The molecule has 1 saturated heterocycles. The summed E-state index contributed by atoms with van der Waals surface area (Å²) in [5.74, 6) is 1.51.